The molecule has 0 amide bonds. The van der Waals surface area contributed by atoms with Gasteiger partial charge in [-0.2, -0.15) is 0 Å². The van der Waals surface area contributed by atoms with E-state index >= 15 is 0 Å². The van der Waals surface area contributed by atoms with E-state index in [0.29, 0.717) is 12.4 Å². The monoisotopic (exact) mass is 485 g/mol. The number of aromatic amines is 1. The van der Waals surface area contributed by atoms with Crippen LogP contribution in [-0.4, -0.2) is 32.2 Å². The van der Waals surface area contributed by atoms with Crippen molar-refractivity contribution in [2.45, 2.75) is 12.5 Å². The number of hydrogen-bond donors (Lipinski definition) is 2. The van der Waals surface area contributed by atoms with Crippen molar-refractivity contribution in [3.05, 3.63) is 120 Å². The van der Waals surface area contributed by atoms with Crippen molar-refractivity contribution in [1.82, 2.24) is 19.5 Å². The summed E-state index contributed by atoms with van der Waals surface area (Å²) < 4.78 is 8.08. The molecule has 0 unspecified atom stereocenters. The van der Waals surface area contributed by atoms with Gasteiger partial charge in [-0.05, 0) is 64.9 Å². The first-order valence-electron chi connectivity index (χ1n) is 12.3. The van der Waals surface area contributed by atoms with Crippen LogP contribution < -0.4 is 10.5 Å². The van der Waals surface area contributed by atoms with E-state index in [1.807, 2.05) is 61.1 Å². The Bertz CT molecular complexity index is 1700. The Morgan fingerprint density at radius 3 is 2.78 bits per heavy atom. The first kappa shape index (κ1) is 22.8. The van der Waals surface area contributed by atoms with Gasteiger partial charge in [-0.25, -0.2) is 4.98 Å². The van der Waals surface area contributed by atoms with Gasteiger partial charge in [0.25, 0.3) is 0 Å². The van der Waals surface area contributed by atoms with Crippen LogP contribution in [0.15, 0.2) is 104 Å². The fourth-order valence-corrected chi connectivity index (χ4v) is 4.60. The van der Waals surface area contributed by atoms with Crippen LogP contribution in [0.4, 0.5) is 0 Å². The Morgan fingerprint density at radius 1 is 0.946 bits per heavy atom. The lowest BCUT2D eigenvalue weighted by atomic mass is 10.1. The van der Waals surface area contributed by atoms with Crippen LogP contribution in [0.25, 0.3) is 39.8 Å². The SMILES string of the molecule is N[C@H](COc1cncc(C=Cc2ccnc(-n3ccc4ccccc43)c2)c1)Cc1c[nH]c2ccccc12. The highest BCUT2D eigenvalue weighted by atomic mass is 16.5. The molecule has 37 heavy (non-hydrogen) atoms. The molecule has 0 fully saturated rings. The second-order valence-electron chi connectivity index (χ2n) is 9.11. The molecule has 2 aromatic carbocycles. The summed E-state index contributed by atoms with van der Waals surface area (Å²) in [6.07, 6.45) is 14.3. The lowest BCUT2D eigenvalue weighted by molar-refractivity contribution is 0.287. The highest BCUT2D eigenvalue weighted by Gasteiger charge is 2.10. The van der Waals surface area contributed by atoms with Crippen LogP contribution in [0, 0.1) is 0 Å². The molecule has 6 rings (SSSR count). The number of pyridine rings is 2. The summed E-state index contributed by atoms with van der Waals surface area (Å²) in [4.78, 5) is 12.2. The maximum absolute atomic E-state index is 6.38. The highest BCUT2D eigenvalue weighted by molar-refractivity contribution is 5.83. The molecule has 6 nitrogen and oxygen atoms in total. The molecule has 0 spiro atoms. The average Bonchev–Trinajstić information content (AvgIpc) is 3.56. The summed E-state index contributed by atoms with van der Waals surface area (Å²) in [6, 6.07) is 24.5. The molecule has 4 heterocycles. The van der Waals surface area contributed by atoms with Crippen molar-refractivity contribution in [1.29, 1.82) is 0 Å². The van der Waals surface area contributed by atoms with Gasteiger partial charge in [0, 0.05) is 41.7 Å². The summed E-state index contributed by atoms with van der Waals surface area (Å²) in [5.74, 6) is 1.58. The topological polar surface area (TPSA) is 81.8 Å². The van der Waals surface area contributed by atoms with Gasteiger partial charge in [-0.1, -0.05) is 48.6 Å². The number of nitrogens with two attached hydrogens (primary N) is 1. The predicted molar refractivity (Wildman–Crippen MR) is 150 cm³/mol. The molecule has 0 saturated carbocycles. The number of nitrogens with zero attached hydrogens (tertiary/aromatic N) is 3. The van der Waals surface area contributed by atoms with E-state index < -0.39 is 0 Å². The minimum atomic E-state index is -0.126. The molecule has 6 aromatic rings. The van der Waals surface area contributed by atoms with Crippen molar-refractivity contribution in [3.63, 3.8) is 0 Å². The Morgan fingerprint density at radius 2 is 1.81 bits per heavy atom. The van der Waals surface area contributed by atoms with E-state index in [1.165, 1.54) is 16.3 Å². The van der Waals surface area contributed by atoms with E-state index in [2.05, 4.69) is 68.2 Å². The maximum Gasteiger partial charge on any atom is 0.138 e. The van der Waals surface area contributed by atoms with Crippen molar-refractivity contribution in [2.24, 2.45) is 5.73 Å². The van der Waals surface area contributed by atoms with Gasteiger partial charge in [-0.3, -0.25) is 4.98 Å². The minimum Gasteiger partial charge on any atom is -0.490 e. The van der Waals surface area contributed by atoms with E-state index in [1.54, 1.807) is 6.20 Å². The third kappa shape index (κ3) is 5.01. The third-order valence-corrected chi connectivity index (χ3v) is 6.44. The Hall–Kier alpha value is -4.68. The quantitative estimate of drug-likeness (QED) is 0.276. The summed E-state index contributed by atoms with van der Waals surface area (Å²) >= 11 is 0. The summed E-state index contributed by atoms with van der Waals surface area (Å²) in [5.41, 5.74) is 11.8. The average molecular weight is 486 g/mol. The molecule has 1 atom stereocenters. The molecule has 182 valence electrons. The zero-order valence-corrected chi connectivity index (χ0v) is 20.3. The highest BCUT2D eigenvalue weighted by Crippen LogP contribution is 2.21. The van der Waals surface area contributed by atoms with Crippen LogP contribution in [0.1, 0.15) is 16.7 Å². The number of aromatic nitrogens is 4. The Kier molecular flexibility index (Phi) is 6.23. The minimum absolute atomic E-state index is 0.126. The molecule has 0 radical (unpaired) electrons. The predicted octanol–water partition coefficient (Wildman–Crippen LogP) is 6.02. The molecule has 0 aliphatic carbocycles. The third-order valence-electron chi connectivity index (χ3n) is 6.44. The summed E-state index contributed by atoms with van der Waals surface area (Å²) in [7, 11) is 0. The van der Waals surface area contributed by atoms with Crippen LogP contribution in [-0.2, 0) is 6.42 Å². The number of H-pyrrole nitrogens is 1. The maximum atomic E-state index is 6.38. The zero-order valence-electron chi connectivity index (χ0n) is 20.3. The fraction of sp³-hybridized carbons (Fsp3) is 0.0968. The number of ether oxygens (including phenoxy) is 1. The molecule has 0 saturated heterocycles. The van der Waals surface area contributed by atoms with E-state index in [-0.39, 0.29) is 6.04 Å². The number of hydrogen-bond acceptors (Lipinski definition) is 4. The zero-order chi connectivity index (χ0) is 25.0. The molecule has 4 aromatic heterocycles. The number of benzene rings is 2. The molecular formula is C31H27N5O. The van der Waals surface area contributed by atoms with Gasteiger partial charge < -0.3 is 20.0 Å². The number of fused-ring (bicyclic) bond motifs is 2. The van der Waals surface area contributed by atoms with Crippen LogP contribution >= 0.6 is 0 Å². The van der Waals surface area contributed by atoms with Crippen LogP contribution in [0.3, 0.4) is 0 Å². The second-order valence-corrected chi connectivity index (χ2v) is 9.11. The molecule has 3 N–H and O–H groups in total. The van der Waals surface area contributed by atoms with Gasteiger partial charge in [0.2, 0.25) is 0 Å². The van der Waals surface area contributed by atoms with Crippen LogP contribution in [0.5, 0.6) is 5.75 Å². The smallest absolute Gasteiger partial charge is 0.138 e. The van der Waals surface area contributed by atoms with Crippen molar-refractivity contribution in [3.8, 4) is 11.6 Å². The lowest BCUT2D eigenvalue weighted by Gasteiger charge is -2.13. The van der Waals surface area contributed by atoms with Gasteiger partial charge in [-0.15, -0.1) is 0 Å². The van der Waals surface area contributed by atoms with E-state index in [9.17, 15) is 0 Å². The van der Waals surface area contributed by atoms with Gasteiger partial charge in [0.1, 0.15) is 18.2 Å². The van der Waals surface area contributed by atoms with Gasteiger partial charge in [0.05, 0.1) is 11.7 Å². The van der Waals surface area contributed by atoms with E-state index in [4.69, 9.17) is 10.5 Å². The van der Waals surface area contributed by atoms with Crippen molar-refractivity contribution >= 4 is 34.0 Å². The van der Waals surface area contributed by atoms with Gasteiger partial charge >= 0.3 is 0 Å². The lowest BCUT2D eigenvalue weighted by Crippen LogP contribution is -2.30. The molecule has 0 bridgehead atoms. The molecular weight excluding hydrogens is 458 g/mol. The fourth-order valence-electron chi connectivity index (χ4n) is 4.60. The van der Waals surface area contributed by atoms with Crippen molar-refractivity contribution < 1.29 is 4.74 Å². The van der Waals surface area contributed by atoms with Gasteiger partial charge in [0.15, 0.2) is 0 Å². The first-order valence-corrected chi connectivity index (χ1v) is 12.3. The number of rotatable bonds is 8. The second kappa shape index (κ2) is 10.1. The molecule has 0 aliphatic heterocycles. The van der Waals surface area contributed by atoms with Crippen molar-refractivity contribution in [2.75, 3.05) is 6.61 Å². The number of nitrogens with one attached hydrogen (secondary N) is 1. The Balaban J connectivity index is 1.11. The van der Waals surface area contributed by atoms with E-state index in [0.717, 1.165) is 34.4 Å². The standard InChI is InChI=1S/C31H27N5O/c32-26(17-25-19-35-29-7-3-2-6-28(25)29)21-37-27-15-23(18-33-20-27)10-9-22-11-13-34-31(16-22)36-14-12-24-5-1-4-8-30(24)36/h1-16,18-20,26,35H,17,21,32H2/t26-/m0/s1. The number of para-hydroxylation sites is 2. The first-order chi connectivity index (χ1) is 18.2. The van der Waals surface area contributed by atoms with Crippen LogP contribution in [0.2, 0.25) is 0 Å². The normalized spacial score (nSPS) is 12.5. The largest absolute Gasteiger partial charge is 0.490 e. The summed E-state index contributed by atoms with van der Waals surface area (Å²) in [6.45, 7) is 0.410. The molecule has 6 heteroatoms. The molecule has 0 aliphatic rings. The summed E-state index contributed by atoms with van der Waals surface area (Å²) in [5, 5.41) is 2.39. The Labute approximate surface area is 215 Å².